The average Bonchev–Trinajstić information content (AvgIpc) is 2.64. The predicted molar refractivity (Wildman–Crippen MR) is 69.2 cm³/mol. The zero-order chi connectivity index (χ0) is 12.8. The van der Waals surface area contributed by atoms with Crippen LogP contribution in [0.2, 0.25) is 0 Å². The van der Waals surface area contributed by atoms with Crippen molar-refractivity contribution in [3.05, 3.63) is 30.1 Å². The van der Waals surface area contributed by atoms with E-state index in [4.69, 9.17) is 0 Å². The highest BCUT2D eigenvalue weighted by Gasteiger charge is 2.24. The number of aliphatic hydroxyl groups excluding tert-OH is 1. The molecule has 0 spiro atoms. The highest BCUT2D eigenvalue weighted by atomic mass is 16.3. The van der Waals surface area contributed by atoms with Crippen LogP contribution in [-0.2, 0) is 0 Å². The summed E-state index contributed by atoms with van der Waals surface area (Å²) in [6.45, 7) is 0.151. The number of pyridine rings is 1. The lowest BCUT2D eigenvalue weighted by atomic mass is 9.95. The molecule has 2 rings (SSSR count). The molecule has 1 saturated carbocycles. The summed E-state index contributed by atoms with van der Waals surface area (Å²) in [5, 5.41) is 12.4. The van der Waals surface area contributed by atoms with Gasteiger partial charge in [-0.2, -0.15) is 0 Å². The summed E-state index contributed by atoms with van der Waals surface area (Å²) >= 11 is 0. The molecule has 0 radical (unpaired) electrons. The molecule has 1 aromatic heterocycles. The van der Waals surface area contributed by atoms with Crippen molar-refractivity contribution in [2.75, 3.05) is 6.61 Å². The third kappa shape index (κ3) is 3.29. The van der Waals surface area contributed by atoms with Crippen molar-refractivity contribution < 1.29 is 9.90 Å². The molecule has 0 bridgehead atoms. The summed E-state index contributed by atoms with van der Waals surface area (Å²) < 4.78 is 0. The highest BCUT2D eigenvalue weighted by Crippen LogP contribution is 2.23. The van der Waals surface area contributed by atoms with Crippen LogP contribution in [0.3, 0.4) is 0 Å². The normalized spacial score (nSPS) is 24.3. The Bertz CT molecular complexity index is 381. The van der Waals surface area contributed by atoms with E-state index in [9.17, 15) is 9.90 Å². The van der Waals surface area contributed by atoms with Crippen molar-refractivity contribution in [1.82, 2.24) is 10.3 Å². The number of nitrogens with zero attached hydrogens (tertiary/aromatic N) is 1. The summed E-state index contributed by atoms with van der Waals surface area (Å²) in [5.74, 6) is 0.0987. The van der Waals surface area contributed by atoms with Crippen molar-refractivity contribution in [3.8, 4) is 0 Å². The van der Waals surface area contributed by atoms with Crippen LogP contribution in [0.4, 0.5) is 0 Å². The summed E-state index contributed by atoms with van der Waals surface area (Å²) in [4.78, 5) is 16.0. The van der Waals surface area contributed by atoms with Crippen molar-refractivity contribution in [3.63, 3.8) is 0 Å². The molecule has 2 unspecified atom stereocenters. The van der Waals surface area contributed by atoms with E-state index in [1.807, 2.05) is 0 Å². The Kier molecular flexibility index (Phi) is 4.70. The lowest BCUT2D eigenvalue weighted by molar-refractivity contribution is 0.0899. The van der Waals surface area contributed by atoms with Gasteiger partial charge in [0.25, 0.3) is 5.91 Å². The number of rotatable bonds is 3. The van der Waals surface area contributed by atoms with Crippen LogP contribution in [0.1, 0.15) is 42.5 Å². The van der Waals surface area contributed by atoms with Crippen molar-refractivity contribution in [2.24, 2.45) is 5.92 Å². The van der Waals surface area contributed by atoms with Crippen LogP contribution in [0.5, 0.6) is 0 Å². The van der Waals surface area contributed by atoms with E-state index in [0.717, 1.165) is 25.7 Å². The Morgan fingerprint density at radius 2 is 2.22 bits per heavy atom. The third-order valence-corrected chi connectivity index (χ3v) is 3.63. The number of aromatic nitrogens is 1. The maximum atomic E-state index is 12.1. The van der Waals surface area contributed by atoms with Gasteiger partial charge in [-0.15, -0.1) is 0 Å². The van der Waals surface area contributed by atoms with Crippen LogP contribution in [0.15, 0.2) is 24.5 Å². The first-order valence-corrected chi connectivity index (χ1v) is 6.63. The van der Waals surface area contributed by atoms with Crippen LogP contribution in [0, 0.1) is 5.92 Å². The van der Waals surface area contributed by atoms with Gasteiger partial charge < -0.3 is 10.4 Å². The monoisotopic (exact) mass is 248 g/mol. The van der Waals surface area contributed by atoms with Gasteiger partial charge in [0.2, 0.25) is 0 Å². The van der Waals surface area contributed by atoms with Gasteiger partial charge in [0.1, 0.15) is 0 Å². The molecule has 0 saturated heterocycles. The highest BCUT2D eigenvalue weighted by molar-refractivity contribution is 5.94. The molecule has 1 fully saturated rings. The summed E-state index contributed by atoms with van der Waals surface area (Å²) in [6.07, 6.45) is 8.62. The van der Waals surface area contributed by atoms with Crippen molar-refractivity contribution >= 4 is 5.91 Å². The van der Waals surface area contributed by atoms with Gasteiger partial charge in [0.05, 0.1) is 5.56 Å². The minimum absolute atomic E-state index is 0.0882. The molecule has 2 N–H and O–H groups in total. The number of carbonyl (C=O) groups is 1. The maximum absolute atomic E-state index is 12.1. The van der Waals surface area contributed by atoms with Crippen molar-refractivity contribution in [2.45, 2.75) is 38.1 Å². The van der Waals surface area contributed by atoms with E-state index in [1.54, 1.807) is 24.5 Å². The van der Waals surface area contributed by atoms with Crippen LogP contribution >= 0.6 is 0 Å². The van der Waals surface area contributed by atoms with E-state index in [1.165, 1.54) is 6.42 Å². The Morgan fingerprint density at radius 3 is 2.94 bits per heavy atom. The zero-order valence-corrected chi connectivity index (χ0v) is 10.5. The summed E-state index contributed by atoms with van der Waals surface area (Å²) in [7, 11) is 0. The fraction of sp³-hybridized carbons (Fsp3) is 0.571. The Hall–Kier alpha value is -1.42. The van der Waals surface area contributed by atoms with Gasteiger partial charge in [-0.05, 0) is 25.0 Å². The Balaban J connectivity index is 2.00. The number of aliphatic hydroxyl groups is 1. The Morgan fingerprint density at radius 1 is 1.39 bits per heavy atom. The fourth-order valence-corrected chi connectivity index (χ4v) is 2.54. The van der Waals surface area contributed by atoms with Gasteiger partial charge >= 0.3 is 0 Å². The SMILES string of the molecule is O=C(NC1CCCCCC1CO)c1cccnc1. The van der Waals surface area contributed by atoms with E-state index in [-0.39, 0.29) is 24.5 Å². The molecule has 1 aliphatic carbocycles. The van der Waals surface area contributed by atoms with Gasteiger partial charge in [-0.3, -0.25) is 9.78 Å². The van der Waals surface area contributed by atoms with Crippen LogP contribution < -0.4 is 5.32 Å². The van der Waals surface area contributed by atoms with E-state index in [2.05, 4.69) is 10.3 Å². The molecule has 18 heavy (non-hydrogen) atoms. The number of hydrogen-bond acceptors (Lipinski definition) is 3. The first-order valence-electron chi connectivity index (χ1n) is 6.63. The largest absolute Gasteiger partial charge is 0.396 e. The minimum atomic E-state index is -0.0894. The minimum Gasteiger partial charge on any atom is -0.396 e. The molecule has 0 aromatic carbocycles. The second-order valence-corrected chi connectivity index (χ2v) is 4.90. The second-order valence-electron chi connectivity index (χ2n) is 4.90. The molecule has 1 aliphatic rings. The Labute approximate surface area is 107 Å². The predicted octanol–water partition coefficient (Wildman–Crippen LogP) is 1.75. The van der Waals surface area contributed by atoms with Crippen LogP contribution in [-0.4, -0.2) is 28.6 Å². The molecule has 1 heterocycles. The van der Waals surface area contributed by atoms with Crippen LogP contribution in [0.25, 0.3) is 0 Å². The molecular weight excluding hydrogens is 228 g/mol. The molecule has 1 amide bonds. The number of carbonyl (C=O) groups excluding carboxylic acids is 1. The first-order chi connectivity index (χ1) is 8.81. The zero-order valence-electron chi connectivity index (χ0n) is 10.5. The van der Waals surface area contributed by atoms with E-state index in [0.29, 0.717) is 5.56 Å². The summed E-state index contributed by atoms with van der Waals surface area (Å²) in [6, 6.07) is 3.60. The maximum Gasteiger partial charge on any atom is 0.253 e. The molecule has 98 valence electrons. The van der Waals surface area contributed by atoms with Gasteiger partial charge in [-0.1, -0.05) is 19.3 Å². The smallest absolute Gasteiger partial charge is 0.253 e. The van der Waals surface area contributed by atoms with Gasteiger partial charge in [-0.25, -0.2) is 0 Å². The van der Waals surface area contributed by atoms with E-state index < -0.39 is 0 Å². The average molecular weight is 248 g/mol. The molecule has 4 heteroatoms. The molecule has 4 nitrogen and oxygen atoms in total. The van der Waals surface area contributed by atoms with Gasteiger partial charge in [0, 0.05) is 31.0 Å². The number of nitrogens with one attached hydrogen (secondary N) is 1. The second kappa shape index (κ2) is 6.50. The van der Waals surface area contributed by atoms with Gasteiger partial charge in [0.15, 0.2) is 0 Å². The lowest BCUT2D eigenvalue weighted by Gasteiger charge is -2.24. The molecule has 1 aromatic rings. The molecule has 0 aliphatic heterocycles. The first kappa shape index (κ1) is 13.0. The lowest BCUT2D eigenvalue weighted by Crippen LogP contribution is -2.41. The third-order valence-electron chi connectivity index (χ3n) is 3.63. The standard InChI is InChI=1S/C14H20N2O2/c17-10-12-5-2-1-3-7-13(12)16-14(18)11-6-4-8-15-9-11/h4,6,8-9,12-13,17H,1-3,5,7,10H2,(H,16,18). The summed E-state index contributed by atoms with van der Waals surface area (Å²) in [5.41, 5.74) is 0.582. The molecular formula is C14H20N2O2. The molecule has 2 atom stereocenters. The van der Waals surface area contributed by atoms with Crippen molar-refractivity contribution in [1.29, 1.82) is 0 Å². The van der Waals surface area contributed by atoms with E-state index >= 15 is 0 Å². The number of amides is 1. The quantitative estimate of drug-likeness (QED) is 0.801. The fourth-order valence-electron chi connectivity index (χ4n) is 2.54. The topological polar surface area (TPSA) is 62.2 Å². The number of hydrogen-bond donors (Lipinski definition) is 2.